The second-order valence-corrected chi connectivity index (χ2v) is 12.4. The number of imidazole rings is 1. The zero-order chi connectivity index (χ0) is 30.4. The molecule has 44 heavy (non-hydrogen) atoms. The minimum Gasteiger partial charge on any atom is -0.494 e. The van der Waals surface area contributed by atoms with Crippen LogP contribution >= 0.6 is 0 Å². The first-order valence-electron chi connectivity index (χ1n) is 15.0. The number of aryl methyl sites for hydroxylation is 1. The molecular weight excluding hydrogens is 569 g/mol. The molecule has 0 radical (unpaired) electrons. The Labute approximate surface area is 251 Å². The number of carbonyl (C=O) groups is 1. The molecule has 0 spiro atoms. The fourth-order valence-electron chi connectivity index (χ4n) is 7.19. The van der Waals surface area contributed by atoms with Gasteiger partial charge in [0.2, 0.25) is 0 Å². The van der Waals surface area contributed by atoms with Gasteiger partial charge in [-0.2, -0.15) is 0 Å². The third-order valence-corrected chi connectivity index (χ3v) is 9.71. The summed E-state index contributed by atoms with van der Waals surface area (Å²) in [7, 11) is 3.50. The maximum Gasteiger partial charge on any atom is 0.254 e. The average molecular weight is 601 g/mol. The number of benzene rings is 2. The van der Waals surface area contributed by atoms with Crippen molar-refractivity contribution >= 4 is 28.0 Å². The third kappa shape index (κ3) is 4.12. The highest BCUT2D eigenvalue weighted by molar-refractivity contribution is 6.00. The molecule has 5 aromatic rings. The number of likely N-dealkylation sites (tertiary alicyclic amines) is 1. The van der Waals surface area contributed by atoms with Crippen LogP contribution in [0, 0.1) is 29.3 Å². The summed E-state index contributed by atoms with van der Waals surface area (Å²) in [5.74, 6) is -2.05. The van der Waals surface area contributed by atoms with Crippen molar-refractivity contribution < 1.29 is 22.7 Å². The number of halogens is 3. The highest BCUT2D eigenvalue weighted by Gasteiger charge is 2.47. The Bertz CT molecular complexity index is 1970. The monoisotopic (exact) mass is 600 g/mol. The van der Waals surface area contributed by atoms with E-state index in [2.05, 4.69) is 4.57 Å². The van der Waals surface area contributed by atoms with E-state index in [1.54, 1.807) is 19.2 Å². The molecule has 2 aliphatic carbocycles. The predicted molar refractivity (Wildman–Crippen MR) is 160 cm³/mol. The Balaban J connectivity index is 1.24. The molecule has 2 saturated carbocycles. The quantitative estimate of drug-likeness (QED) is 0.254. The summed E-state index contributed by atoms with van der Waals surface area (Å²) in [5, 5.41) is 0.836. The number of pyridine rings is 1. The van der Waals surface area contributed by atoms with E-state index < -0.39 is 17.5 Å². The van der Waals surface area contributed by atoms with Crippen molar-refractivity contribution in [2.75, 3.05) is 13.7 Å². The summed E-state index contributed by atoms with van der Waals surface area (Å²) < 4.78 is 51.6. The van der Waals surface area contributed by atoms with Crippen molar-refractivity contribution in [2.45, 2.75) is 44.3 Å². The Morgan fingerprint density at radius 1 is 1.02 bits per heavy atom. The molecule has 1 saturated heterocycles. The van der Waals surface area contributed by atoms with Crippen LogP contribution in [0.2, 0.25) is 0 Å². The third-order valence-electron chi connectivity index (χ3n) is 9.71. The second kappa shape index (κ2) is 9.82. The molecule has 3 aliphatic rings. The number of nitrogens with two attached hydrogens (primary N) is 1. The van der Waals surface area contributed by atoms with Crippen LogP contribution in [0.3, 0.4) is 0 Å². The van der Waals surface area contributed by atoms with Gasteiger partial charge in [0.25, 0.3) is 5.91 Å². The summed E-state index contributed by atoms with van der Waals surface area (Å²) in [4.78, 5) is 25.4. The van der Waals surface area contributed by atoms with Crippen LogP contribution in [0.15, 0.2) is 42.5 Å². The fourth-order valence-corrected chi connectivity index (χ4v) is 7.19. The number of rotatable bonds is 6. The number of amides is 1. The minimum atomic E-state index is -1.51. The number of ether oxygens (including phenoxy) is 1. The number of hydrogen-bond donors (Lipinski definition) is 1. The van der Waals surface area contributed by atoms with E-state index >= 15 is 0 Å². The van der Waals surface area contributed by atoms with Gasteiger partial charge >= 0.3 is 0 Å². The van der Waals surface area contributed by atoms with E-state index in [1.807, 2.05) is 34.7 Å². The van der Waals surface area contributed by atoms with Crippen molar-refractivity contribution in [3.8, 4) is 28.5 Å². The number of fused-ring (bicyclic) bond motifs is 4. The van der Waals surface area contributed by atoms with Gasteiger partial charge in [-0.25, -0.2) is 23.1 Å². The van der Waals surface area contributed by atoms with Crippen molar-refractivity contribution in [1.82, 2.24) is 24.0 Å². The summed E-state index contributed by atoms with van der Waals surface area (Å²) in [6, 6.07) is 11.1. The molecule has 2 bridgehead atoms. The fraction of sp³-hybridized carbons (Fsp3) is 0.364. The van der Waals surface area contributed by atoms with Gasteiger partial charge in [-0.05, 0) is 80.0 Å². The number of carbonyl (C=O) groups excluding carboxylic acids is 1. The molecule has 3 aromatic heterocycles. The lowest BCUT2D eigenvalue weighted by atomic mass is 10.1. The van der Waals surface area contributed by atoms with Gasteiger partial charge < -0.3 is 24.5 Å². The van der Waals surface area contributed by atoms with Crippen molar-refractivity contribution in [1.29, 1.82) is 0 Å². The predicted octanol–water partition coefficient (Wildman–Crippen LogP) is 5.65. The van der Waals surface area contributed by atoms with E-state index in [9.17, 15) is 18.0 Å². The SMILES string of the molecule is COc1cc(C(=O)N2C[C@H]3CC[C@@H]2[C@@H]3N)cc2nc(-c3cc4ccc(-c5cc(F)c(F)c(F)c5)nc4n3CC3CC3)n(C)c12. The lowest BCUT2D eigenvalue weighted by Gasteiger charge is -2.27. The molecule has 3 atom stereocenters. The van der Waals surface area contributed by atoms with Crippen molar-refractivity contribution in [3.63, 3.8) is 0 Å². The molecule has 4 heterocycles. The minimum absolute atomic E-state index is 0.0228. The van der Waals surface area contributed by atoms with Gasteiger partial charge in [-0.3, -0.25) is 4.79 Å². The first-order chi connectivity index (χ1) is 21.2. The van der Waals surface area contributed by atoms with Crippen LogP contribution in [0.5, 0.6) is 5.75 Å². The van der Waals surface area contributed by atoms with Gasteiger partial charge in [0, 0.05) is 48.7 Å². The highest BCUT2D eigenvalue weighted by atomic mass is 19.2. The molecule has 1 amide bonds. The van der Waals surface area contributed by atoms with Crippen LogP contribution < -0.4 is 10.5 Å². The van der Waals surface area contributed by atoms with E-state index in [4.69, 9.17) is 20.4 Å². The topological polar surface area (TPSA) is 91.2 Å². The molecule has 1 aliphatic heterocycles. The van der Waals surface area contributed by atoms with Crippen molar-refractivity contribution in [3.05, 3.63) is 65.5 Å². The summed E-state index contributed by atoms with van der Waals surface area (Å²) in [6.45, 7) is 1.37. The summed E-state index contributed by atoms with van der Waals surface area (Å²) >= 11 is 0. The maximum absolute atomic E-state index is 14.1. The number of aromatic nitrogens is 4. The number of hydrogen-bond acceptors (Lipinski definition) is 5. The van der Waals surface area contributed by atoms with Crippen LogP contribution in [0.4, 0.5) is 13.2 Å². The molecule has 2 N–H and O–H groups in total. The van der Waals surface area contributed by atoms with Gasteiger partial charge in [0.1, 0.15) is 16.9 Å². The van der Waals surface area contributed by atoms with Gasteiger partial charge in [0.15, 0.2) is 23.3 Å². The van der Waals surface area contributed by atoms with Gasteiger partial charge in [-0.15, -0.1) is 0 Å². The molecular formula is C33H31F3N6O2. The lowest BCUT2D eigenvalue weighted by Crippen LogP contribution is -2.41. The first kappa shape index (κ1) is 27.2. The standard InChI is InChI=1S/C33H31F3N6O2/c1-40-30-24(11-20(13-27(30)44-2)33(43)42-15-18-6-8-25(42)29(18)37)39-32(40)26-12-17-5-7-23(19-9-21(34)28(36)22(35)10-19)38-31(17)41(26)14-16-3-4-16/h5,7,9-13,16,18,25,29H,3-4,6,8,14-15,37H2,1-2H3/t18-,25-,29-/m1/s1. The summed E-state index contributed by atoms with van der Waals surface area (Å²) in [6.07, 6.45) is 4.18. The Morgan fingerprint density at radius 2 is 1.80 bits per heavy atom. The Morgan fingerprint density at radius 3 is 2.45 bits per heavy atom. The number of piperidine rings is 1. The lowest BCUT2D eigenvalue weighted by molar-refractivity contribution is 0.0700. The Kier molecular flexibility index (Phi) is 6.07. The van der Waals surface area contributed by atoms with Crippen molar-refractivity contribution in [2.24, 2.45) is 24.6 Å². The van der Waals surface area contributed by atoms with Crippen LogP contribution in [-0.4, -0.2) is 55.6 Å². The van der Waals surface area contributed by atoms with Crippen LogP contribution in [0.25, 0.3) is 44.8 Å². The molecule has 0 unspecified atom stereocenters. The maximum atomic E-state index is 14.1. The molecule has 8 nitrogen and oxygen atoms in total. The smallest absolute Gasteiger partial charge is 0.254 e. The van der Waals surface area contributed by atoms with Crippen LogP contribution in [0.1, 0.15) is 36.0 Å². The number of methoxy groups -OCH3 is 1. The second-order valence-electron chi connectivity index (χ2n) is 12.4. The molecule has 11 heteroatoms. The van der Waals surface area contributed by atoms with Crippen LogP contribution in [-0.2, 0) is 13.6 Å². The number of nitrogens with zero attached hydrogens (tertiary/aromatic N) is 5. The zero-order valence-electron chi connectivity index (χ0n) is 24.4. The zero-order valence-corrected chi connectivity index (χ0v) is 24.4. The largest absolute Gasteiger partial charge is 0.494 e. The summed E-state index contributed by atoms with van der Waals surface area (Å²) in [5.41, 5.74) is 10.2. The van der Waals surface area contributed by atoms with E-state index in [0.29, 0.717) is 58.9 Å². The Hall–Kier alpha value is -4.38. The van der Waals surface area contributed by atoms with Gasteiger partial charge in [0.05, 0.1) is 24.0 Å². The van der Waals surface area contributed by atoms with E-state index in [1.165, 1.54) is 0 Å². The average Bonchev–Trinajstić information content (AvgIpc) is 3.42. The van der Waals surface area contributed by atoms with Gasteiger partial charge in [-0.1, -0.05) is 0 Å². The first-order valence-corrected chi connectivity index (χ1v) is 15.0. The molecule has 8 rings (SSSR count). The molecule has 2 aromatic carbocycles. The van der Waals surface area contributed by atoms with E-state index in [-0.39, 0.29) is 23.6 Å². The normalized spacial score (nSPS) is 21.2. The molecule has 226 valence electrons. The molecule has 3 fully saturated rings. The highest BCUT2D eigenvalue weighted by Crippen LogP contribution is 2.40. The van der Waals surface area contributed by atoms with E-state index in [0.717, 1.165) is 54.4 Å².